The Morgan fingerprint density at radius 3 is 2.40 bits per heavy atom. The van der Waals surface area contributed by atoms with Crippen LogP contribution in [0.5, 0.6) is 0 Å². The first-order chi connectivity index (χ1) is 16.8. The first kappa shape index (κ1) is 24.6. The topological polar surface area (TPSA) is 71.1 Å². The number of halogens is 1. The van der Waals surface area contributed by atoms with Gasteiger partial charge in [-0.2, -0.15) is 0 Å². The molecule has 0 bridgehead atoms. The van der Waals surface area contributed by atoms with Gasteiger partial charge in [0, 0.05) is 26.6 Å². The van der Waals surface area contributed by atoms with Crippen LogP contribution in [0.25, 0.3) is 11.3 Å². The molecule has 1 atom stereocenters. The zero-order chi connectivity index (χ0) is 24.9. The van der Waals surface area contributed by atoms with E-state index in [1.54, 1.807) is 12.1 Å². The van der Waals surface area contributed by atoms with Gasteiger partial charge in [0.25, 0.3) is 5.91 Å². The van der Waals surface area contributed by atoms with Crippen LogP contribution in [-0.4, -0.2) is 22.0 Å². The second-order valence-corrected chi connectivity index (χ2v) is 10.6. The van der Waals surface area contributed by atoms with Gasteiger partial charge in [0.2, 0.25) is 5.91 Å². The highest BCUT2D eigenvalue weighted by atomic mass is 32.2. The number of hydrogen-bond acceptors (Lipinski definition) is 5. The summed E-state index contributed by atoms with van der Waals surface area (Å²) in [6.07, 6.45) is 0. The van der Waals surface area contributed by atoms with Crippen LogP contribution in [0.15, 0.2) is 77.7 Å². The van der Waals surface area contributed by atoms with Gasteiger partial charge in [0.05, 0.1) is 10.9 Å². The Kier molecular flexibility index (Phi) is 7.63. The number of nitrogens with zero attached hydrogens (tertiary/aromatic N) is 1. The third-order valence-electron chi connectivity index (χ3n) is 5.23. The van der Waals surface area contributed by atoms with Crippen molar-refractivity contribution in [2.45, 2.75) is 30.9 Å². The fraction of sp³-hybridized carbons (Fsp3) is 0.148. The molecule has 35 heavy (non-hydrogen) atoms. The van der Waals surface area contributed by atoms with Crippen molar-refractivity contribution in [1.82, 2.24) is 4.98 Å². The Morgan fingerprint density at radius 2 is 1.69 bits per heavy atom. The minimum absolute atomic E-state index is 0.153. The quantitative estimate of drug-likeness (QED) is 0.267. The zero-order valence-electron chi connectivity index (χ0n) is 19.5. The van der Waals surface area contributed by atoms with E-state index in [9.17, 15) is 14.0 Å². The molecule has 0 aliphatic carbocycles. The van der Waals surface area contributed by atoms with Crippen LogP contribution in [0.4, 0.5) is 15.2 Å². The molecule has 0 radical (unpaired) electrons. The SMILES string of the molecule is Cc1ccc(-c2nc(NC(=O)C(C)Sc3cccc(NC(=O)c4ccc(F)cc4)c3)sc2C)cc1. The van der Waals surface area contributed by atoms with Gasteiger partial charge in [-0.05, 0) is 63.2 Å². The molecule has 0 saturated carbocycles. The first-order valence-electron chi connectivity index (χ1n) is 11.0. The summed E-state index contributed by atoms with van der Waals surface area (Å²) in [6, 6.07) is 20.8. The largest absolute Gasteiger partial charge is 0.322 e. The summed E-state index contributed by atoms with van der Waals surface area (Å²) in [5.41, 5.74) is 4.03. The fourth-order valence-electron chi connectivity index (χ4n) is 3.35. The van der Waals surface area contributed by atoms with E-state index in [1.807, 2.05) is 57.2 Å². The highest BCUT2D eigenvalue weighted by molar-refractivity contribution is 8.00. The number of anilines is 2. The van der Waals surface area contributed by atoms with E-state index in [0.29, 0.717) is 16.4 Å². The van der Waals surface area contributed by atoms with Crippen LogP contribution >= 0.6 is 23.1 Å². The Labute approximate surface area is 211 Å². The fourth-order valence-corrected chi connectivity index (χ4v) is 5.11. The second-order valence-electron chi connectivity index (χ2n) is 8.03. The number of nitrogens with one attached hydrogen (secondary N) is 2. The van der Waals surface area contributed by atoms with Crippen molar-refractivity contribution in [3.63, 3.8) is 0 Å². The third-order valence-corrected chi connectivity index (χ3v) is 7.21. The highest BCUT2D eigenvalue weighted by Gasteiger charge is 2.18. The highest BCUT2D eigenvalue weighted by Crippen LogP contribution is 2.32. The van der Waals surface area contributed by atoms with Crippen molar-refractivity contribution in [1.29, 1.82) is 0 Å². The van der Waals surface area contributed by atoms with Crippen LogP contribution < -0.4 is 10.6 Å². The lowest BCUT2D eigenvalue weighted by Crippen LogP contribution is -2.22. The number of amides is 2. The molecular formula is C27H24FN3O2S2. The van der Waals surface area contributed by atoms with E-state index >= 15 is 0 Å². The predicted molar refractivity (Wildman–Crippen MR) is 142 cm³/mol. The molecule has 3 aromatic carbocycles. The molecule has 1 heterocycles. The maximum Gasteiger partial charge on any atom is 0.255 e. The molecule has 178 valence electrons. The van der Waals surface area contributed by atoms with Crippen LogP contribution in [0.3, 0.4) is 0 Å². The predicted octanol–water partition coefficient (Wildman–Crippen LogP) is 6.94. The number of thiazole rings is 1. The molecule has 4 rings (SSSR count). The van der Waals surface area contributed by atoms with Crippen molar-refractivity contribution in [2.75, 3.05) is 10.6 Å². The van der Waals surface area contributed by atoms with Gasteiger partial charge in [-0.15, -0.1) is 23.1 Å². The number of thioether (sulfide) groups is 1. The van der Waals surface area contributed by atoms with Gasteiger partial charge in [0.1, 0.15) is 5.82 Å². The number of aromatic nitrogens is 1. The summed E-state index contributed by atoms with van der Waals surface area (Å²) in [6.45, 7) is 5.86. The Hall–Kier alpha value is -3.49. The average Bonchev–Trinajstić information content (AvgIpc) is 3.20. The van der Waals surface area contributed by atoms with Gasteiger partial charge in [0.15, 0.2) is 5.13 Å². The van der Waals surface area contributed by atoms with E-state index < -0.39 is 5.82 Å². The monoisotopic (exact) mass is 505 g/mol. The van der Waals surface area contributed by atoms with Gasteiger partial charge in [-0.25, -0.2) is 9.37 Å². The zero-order valence-corrected chi connectivity index (χ0v) is 21.1. The van der Waals surface area contributed by atoms with Gasteiger partial charge in [-0.3, -0.25) is 9.59 Å². The number of hydrogen-bond donors (Lipinski definition) is 2. The summed E-state index contributed by atoms with van der Waals surface area (Å²) in [7, 11) is 0. The Balaban J connectivity index is 1.38. The van der Waals surface area contributed by atoms with Gasteiger partial charge < -0.3 is 10.6 Å². The van der Waals surface area contributed by atoms with E-state index in [2.05, 4.69) is 15.6 Å². The lowest BCUT2D eigenvalue weighted by molar-refractivity contribution is -0.115. The maximum atomic E-state index is 13.1. The van der Waals surface area contributed by atoms with E-state index in [1.165, 1.54) is 52.9 Å². The molecule has 0 aliphatic heterocycles. The van der Waals surface area contributed by atoms with Crippen molar-refractivity contribution in [3.05, 3.63) is 94.6 Å². The molecule has 2 amide bonds. The lowest BCUT2D eigenvalue weighted by Gasteiger charge is -2.12. The Bertz CT molecular complexity index is 1350. The summed E-state index contributed by atoms with van der Waals surface area (Å²) in [5, 5.41) is 5.91. The number of benzene rings is 3. The minimum atomic E-state index is -0.397. The molecule has 2 N–H and O–H groups in total. The number of rotatable bonds is 7. The van der Waals surface area contributed by atoms with Crippen LogP contribution in [0.2, 0.25) is 0 Å². The first-order valence-corrected chi connectivity index (χ1v) is 12.7. The van der Waals surface area contributed by atoms with E-state index in [4.69, 9.17) is 0 Å². The van der Waals surface area contributed by atoms with E-state index in [0.717, 1.165) is 21.0 Å². The van der Waals surface area contributed by atoms with Crippen LogP contribution in [0, 0.1) is 19.7 Å². The molecular weight excluding hydrogens is 481 g/mol. The molecule has 0 saturated heterocycles. The lowest BCUT2D eigenvalue weighted by atomic mass is 10.1. The molecule has 0 aliphatic rings. The van der Waals surface area contributed by atoms with Crippen LogP contribution in [0.1, 0.15) is 27.7 Å². The molecule has 8 heteroatoms. The van der Waals surface area contributed by atoms with Crippen molar-refractivity contribution in [2.24, 2.45) is 0 Å². The van der Waals surface area contributed by atoms with E-state index in [-0.39, 0.29) is 17.1 Å². The number of carbonyl (C=O) groups excluding carboxylic acids is 2. The molecule has 1 aromatic heterocycles. The average molecular weight is 506 g/mol. The van der Waals surface area contributed by atoms with Crippen molar-refractivity contribution in [3.8, 4) is 11.3 Å². The van der Waals surface area contributed by atoms with Crippen molar-refractivity contribution >= 4 is 45.7 Å². The summed E-state index contributed by atoms with van der Waals surface area (Å²) in [5.74, 6) is -0.882. The molecule has 0 spiro atoms. The molecule has 5 nitrogen and oxygen atoms in total. The summed E-state index contributed by atoms with van der Waals surface area (Å²) >= 11 is 2.83. The maximum absolute atomic E-state index is 13.1. The van der Waals surface area contributed by atoms with Gasteiger partial charge in [-0.1, -0.05) is 35.9 Å². The second kappa shape index (κ2) is 10.8. The molecule has 1 unspecified atom stereocenters. The molecule has 4 aromatic rings. The van der Waals surface area contributed by atoms with Gasteiger partial charge >= 0.3 is 0 Å². The smallest absolute Gasteiger partial charge is 0.255 e. The Morgan fingerprint density at radius 1 is 0.971 bits per heavy atom. The summed E-state index contributed by atoms with van der Waals surface area (Å²) in [4.78, 5) is 31.7. The standard InChI is InChI=1S/C27H24FN3O2S2/c1-16-7-9-19(10-8-16)24-17(2)35-27(30-24)31-25(32)18(3)34-23-6-4-5-22(15-23)29-26(33)20-11-13-21(28)14-12-20/h4-15,18H,1-3H3,(H,29,33)(H,30,31,32). The normalized spacial score (nSPS) is 11.7. The van der Waals surface area contributed by atoms with Crippen LogP contribution in [-0.2, 0) is 4.79 Å². The minimum Gasteiger partial charge on any atom is -0.322 e. The molecule has 0 fully saturated rings. The number of carbonyl (C=O) groups is 2. The third kappa shape index (κ3) is 6.35. The van der Waals surface area contributed by atoms with Crippen molar-refractivity contribution < 1.29 is 14.0 Å². The summed E-state index contributed by atoms with van der Waals surface area (Å²) < 4.78 is 13.1. The number of aryl methyl sites for hydroxylation is 2.